The van der Waals surface area contributed by atoms with E-state index in [9.17, 15) is 10.4 Å². The Morgan fingerprint density at radius 2 is 2.30 bits per heavy atom. The van der Waals surface area contributed by atoms with Crippen molar-refractivity contribution in [1.82, 2.24) is 14.8 Å². The third kappa shape index (κ3) is 2.60. The SMILES string of the molecule is N#Cc1nn(CC2CC2)cc1C(O)c1cccnc1Br. The van der Waals surface area contributed by atoms with Gasteiger partial charge in [-0.2, -0.15) is 10.4 Å². The summed E-state index contributed by atoms with van der Waals surface area (Å²) in [6.07, 6.45) is 4.94. The van der Waals surface area contributed by atoms with Crippen LogP contribution in [0.4, 0.5) is 0 Å². The van der Waals surface area contributed by atoms with Gasteiger partial charge in [0.25, 0.3) is 0 Å². The zero-order valence-electron chi connectivity index (χ0n) is 10.7. The van der Waals surface area contributed by atoms with E-state index in [4.69, 9.17) is 0 Å². The molecule has 5 nitrogen and oxygen atoms in total. The first-order valence-corrected chi connectivity index (χ1v) is 7.24. The van der Waals surface area contributed by atoms with E-state index in [2.05, 4.69) is 32.1 Å². The molecule has 0 radical (unpaired) electrons. The van der Waals surface area contributed by atoms with Crippen molar-refractivity contribution in [2.45, 2.75) is 25.5 Å². The highest BCUT2D eigenvalue weighted by Crippen LogP contribution is 2.32. The molecule has 20 heavy (non-hydrogen) atoms. The molecule has 0 bridgehead atoms. The third-order valence-corrected chi connectivity index (χ3v) is 4.08. The lowest BCUT2D eigenvalue weighted by Crippen LogP contribution is -2.02. The molecule has 2 heterocycles. The van der Waals surface area contributed by atoms with Crippen LogP contribution < -0.4 is 0 Å². The molecule has 1 aliphatic rings. The molecular weight excluding hydrogens is 320 g/mol. The fourth-order valence-electron chi connectivity index (χ4n) is 2.15. The molecule has 2 aromatic heterocycles. The van der Waals surface area contributed by atoms with Crippen LogP contribution in [0.1, 0.15) is 35.8 Å². The van der Waals surface area contributed by atoms with E-state index in [0.29, 0.717) is 21.6 Å². The summed E-state index contributed by atoms with van der Waals surface area (Å²) in [6, 6.07) is 5.58. The number of hydrogen-bond acceptors (Lipinski definition) is 4. The molecule has 2 aromatic rings. The minimum absolute atomic E-state index is 0.272. The van der Waals surface area contributed by atoms with Crippen LogP contribution in [0.25, 0.3) is 0 Å². The van der Waals surface area contributed by atoms with E-state index in [1.807, 2.05) is 0 Å². The summed E-state index contributed by atoms with van der Waals surface area (Å²) in [5.74, 6) is 0.663. The quantitative estimate of drug-likeness (QED) is 0.872. The Morgan fingerprint density at radius 3 is 2.95 bits per heavy atom. The number of rotatable bonds is 4. The maximum Gasteiger partial charge on any atom is 0.168 e. The van der Waals surface area contributed by atoms with Crippen LogP contribution >= 0.6 is 15.9 Å². The van der Waals surface area contributed by atoms with Gasteiger partial charge in [0.1, 0.15) is 16.8 Å². The first kappa shape index (κ1) is 13.3. The Balaban J connectivity index is 1.94. The van der Waals surface area contributed by atoms with Gasteiger partial charge >= 0.3 is 0 Å². The number of aromatic nitrogens is 3. The van der Waals surface area contributed by atoms with Crippen molar-refractivity contribution in [3.8, 4) is 6.07 Å². The minimum atomic E-state index is -0.902. The van der Waals surface area contributed by atoms with Crippen LogP contribution in [-0.2, 0) is 6.54 Å². The van der Waals surface area contributed by atoms with Gasteiger partial charge in [0, 0.05) is 30.1 Å². The molecule has 0 aliphatic heterocycles. The number of halogens is 1. The van der Waals surface area contributed by atoms with E-state index in [1.54, 1.807) is 29.2 Å². The summed E-state index contributed by atoms with van der Waals surface area (Å²) < 4.78 is 2.34. The van der Waals surface area contributed by atoms with Crippen LogP contribution in [0.15, 0.2) is 29.1 Å². The highest BCUT2D eigenvalue weighted by molar-refractivity contribution is 9.10. The average Bonchev–Trinajstić information content (AvgIpc) is 3.16. The van der Waals surface area contributed by atoms with Gasteiger partial charge in [-0.05, 0) is 40.8 Å². The fourth-order valence-corrected chi connectivity index (χ4v) is 2.62. The van der Waals surface area contributed by atoms with Crippen LogP contribution in [0.2, 0.25) is 0 Å². The molecular formula is C14H13BrN4O. The maximum absolute atomic E-state index is 10.5. The van der Waals surface area contributed by atoms with Gasteiger partial charge in [-0.25, -0.2) is 4.98 Å². The second-order valence-corrected chi connectivity index (χ2v) is 5.75. The second-order valence-electron chi connectivity index (χ2n) is 5.00. The van der Waals surface area contributed by atoms with Gasteiger partial charge in [-0.3, -0.25) is 4.68 Å². The molecule has 102 valence electrons. The van der Waals surface area contributed by atoms with E-state index in [0.717, 1.165) is 6.54 Å². The molecule has 6 heteroatoms. The van der Waals surface area contributed by atoms with Gasteiger partial charge in [0.2, 0.25) is 0 Å². The molecule has 1 unspecified atom stereocenters. The zero-order valence-corrected chi connectivity index (χ0v) is 12.3. The average molecular weight is 333 g/mol. The van der Waals surface area contributed by atoms with Gasteiger partial charge < -0.3 is 5.11 Å². The summed E-state index contributed by atoms with van der Waals surface area (Å²) in [5.41, 5.74) is 1.44. The Hall–Kier alpha value is -1.71. The van der Waals surface area contributed by atoms with Crippen LogP contribution in [0.5, 0.6) is 0 Å². The van der Waals surface area contributed by atoms with Gasteiger partial charge in [-0.15, -0.1) is 0 Å². The summed E-state index contributed by atoms with van der Waals surface area (Å²) in [7, 11) is 0. The zero-order chi connectivity index (χ0) is 14.1. The van der Waals surface area contributed by atoms with Crippen molar-refractivity contribution in [2.75, 3.05) is 0 Å². The molecule has 1 saturated carbocycles. The van der Waals surface area contributed by atoms with Gasteiger partial charge in [0.05, 0.1) is 0 Å². The predicted molar refractivity (Wildman–Crippen MR) is 75.7 cm³/mol. The Kier molecular flexibility index (Phi) is 3.55. The standard InChI is InChI=1S/C14H13BrN4O/c15-14-10(2-1-5-17-14)13(20)11-8-19(7-9-3-4-9)18-12(11)6-16/h1-2,5,8-9,13,20H,3-4,7H2. The molecule has 3 rings (SSSR count). The normalized spacial score (nSPS) is 15.8. The molecule has 1 N–H and O–H groups in total. The summed E-state index contributed by atoms with van der Waals surface area (Å²) in [5, 5.41) is 23.9. The molecule has 0 amide bonds. The lowest BCUT2D eigenvalue weighted by molar-refractivity contribution is 0.218. The number of aliphatic hydroxyl groups is 1. The van der Waals surface area contributed by atoms with Crippen LogP contribution in [0, 0.1) is 17.2 Å². The smallest absolute Gasteiger partial charge is 0.168 e. The number of aliphatic hydroxyl groups excluding tert-OH is 1. The highest BCUT2D eigenvalue weighted by atomic mass is 79.9. The highest BCUT2D eigenvalue weighted by Gasteiger charge is 2.25. The first-order chi connectivity index (χ1) is 9.69. The lowest BCUT2D eigenvalue weighted by Gasteiger charge is -2.10. The van der Waals surface area contributed by atoms with Crippen molar-refractivity contribution >= 4 is 15.9 Å². The number of hydrogen-bond donors (Lipinski definition) is 1. The van der Waals surface area contributed by atoms with Crippen molar-refractivity contribution in [3.05, 3.63) is 46.0 Å². The van der Waals surface area contributed by atoms with Gasteiger partial charge in [0.15, 0.2) is 5.69 Å². The molecule has 1 fully saturated rings. The minimum Gasteiger partial charge on any atom is -0.383 e. The Morgan fingerprint density at radius 1 is 1.50 bits per heavy atom. The van der Waals surface area contributed by atoms with Crippen molar-refractivity contribution in [3.63, 3.8) is 0 Å². The van der Waals surface area contributed by atoms with Crippen molar-refractivity contribution in [2.24, 2.45) is 5.92 Å². The molecule has 1 aliphatic carbocycles. The Bertz CT molecular complexity index is 672. The predicted octanol–water partition coefficient (Wildman–Crippen LogP) is 2.40. The lowest BCUT2D eigenvalue weighted by atomic mass is 10.0. The third-order valence-electron chi connectivity index (χ3n) is 3.42. The number of nitriles is 1. The largest absolute Gasteiger partial charge is 0.383 e. The van der Waals surface area contributed by atoms with Crippen molar-refractivity contribution in [1.29, 1.82) is 5.26 Å². The van der Waals surface area contributed by atoms with E-state index < -0.39 is 6.10 Å². The summed E-state index contributed by atoms with van der Waals surface area (Å²) in [4.78, 5) is 4.09. The van der Waals surface area contributed by atoms with E-state index >= 15 is 0 Å². The molecule has 0 spiro atoms. The maximum atomic E-state index is 10.5. The van der Waals surface area contributed by atoms with E-state index in [1.165, 1.54) is 12.8 Å². The molecule has 0 aromatic carbocycles. The molecule has 1 atom stereocenters. The summed E-state index contributed by atoms with van der Waals surface area (Å²) in [6.45, 7) is 0.815. The molecule has 0 saturated heterocycles. The number of nitrogens with zero attached hydrogens (tertiary/aromatic N) is 4. The van der Waals surface area contributed by atoms with Crippen LogP contribution in [-0.4, -0.2) is 19.9 Å². The van der Waals surface area contributed by atoms with Crippen LogP contribution in [0.3, 0.4) is 0 Å². The summed E-state index contributed by atoms with van der Waals surface area (Å²) >= 11 is 3.32. The van der Waals surface area contributed by atoms with E-state index in [-0.39, 0.29) is 5.69 Å². The Labute approximate surface area is 125 Å². The topological polar surface area (TPSA) is 74.7 Å². The van der Waals surface area contributed by atoms with Crippen molar-refractivity contribution < 1.29 is 5.11 Å². The first-order valence-electron chi connectivity index (χ1n) is 6.45. The number of pyridine rings is 1. The fraction of sp³-hybridized carbons (Fsp3) is 0.357. The second kappa shape index (κ2) is 5.35. The van der Waals surface area contributed by atoms with Gasteiger partial charge in [-0.1, -0.05) is 6.07 Å². The monoisotopic (exact) mass is 332 g/mol.